The zero-order valence-corrected chi connectivity index (χ0v) is 13.7. The number of nitrogens with one attached hydrogen (secondary N) is 1. The highest BCUT2D eigenvalue weighted by Gasteiger charge is 2.06. The molecular formula is C18H19N5O. The molecule has 0 unspecified atom stereocenters. The molecule has 0 aliphatic carbocycles. The number of para-hydroxylation sites is 1. The number of hydrogen-bond acceptors (Lipinski definition) is 4. The number of fused-ring (bicyclic) bond motifs is 1. The third-order valence-corrected chi connectivity index (χ3v) is 3.79. The Morgan fingerprint density at radius 3 is 2.71 bits per heavy atom. The van der Waals surface area contributed by atoms with Gasteiger partial charge in [-0.1, -0.05) is 47.2 Å². The molecule has 0 aliphatic heterocycles. The molecule has 0 fully saturated rings. The SMILES string of the molecule is C/C(=N/NC(=O)CCn1nnc2ccccc21)c1ccc(C)cc1. The van der Waals surface area contributed by atoms with E-state index in [0.717, 1.165) is 22.3 Å². The highest BCUT2D eigenvalue weighted by atomic mass is 16.2. The molecule has 0 bridgehead atoms. The molecule has 24 heavy (non-hydrogen) atoms. The second-order valence-electron chi connectivity index (χ2n) is 5.65. The first-order valence-electron chi connectivity index (χ1n) is 7.82. The van der Waals surface area contributed by atoms with Gasteiger partial charge in [0, 0.05) is 6.42 Å². The molecular weight excluding hydrogens is 302 g/mol. The molecule has 2 aromatic carbocycles. The first-order valence-corrected chi connectivity index (χ1v) is 7.82. The number of nitrogens with zero attached hydrogens (tertiary/aromatic N) is 4. The molecule has 0 aliphatic rings. The number of aromatic nitrogens is 3. The van der Waals surface area contributed by atoms with Gasteiger partial charge < -0.3 is 0 Å². The predicted octanol–water partition coefficient (Wildman–Crippen LogP) is 2.67. The van der Waals surface area contributed by atoms with E-state index in [1.807, 2.05) is 62.4 Å². The Morgan fingerprint density at radius 1 is 1.17 bits per heavy atom. The summed E-state index contributed by atoms with van der Waals surface area (Å²) in [5.41, 5.74) is 7.29. The molecule has 0 saturated heterocycles. The van der Waals surface area contributed by atoms with Crippen LogP contribution < -0.4 is 5.43 Å². The summed E-state index contributed by atoms with van der Waals surface area (Å²) in [7, 11) is 0. The molecule has 3 aromatic rings. The van der Waals surface area contributed by atoms with Gasteiger partial charge in [-0.2, -0.15) is 5.10 Å². The molecule has 6 nitrogen and oxygen atoms in total. The summed E-state index contributed by atoms with van der Waals surface area (Å²) in [5, 5.41) is 12.3. The lowest BCUT2D eigenvalue weighted by atomic mass is 10.1. The molecule has 0 saturated carbocycles. The smallest absolute Gasteiger partial charge is 0.241 e. The van der Waals surface area contributed by atoms with Crippen LogP contribution in [0.1, 0.15) is 24.5 Å². The molecule has 1 amide bonds. The van der Waals surface area contributed by atoms with Gasteiger partial charge >= 0.3 is 0 Å². The van der Waals surface area contributed by atoms with Gasteiger partial charge in [0.1, 0.15) is 5.52 Å². The van der Waals surface area contributed by atoms with E-state index in [-0.39, 0.29) is 12.3 Å². The lowest BCUT2D eigenvalue weighted by Crippen LogP contribution is -2.21. The molecule has 0 atom stereocenters. The number of hydrazone groups is 1. The minimum absolute atomic E-state index is 0.152. The van der Waals surface area contributed by atoms with E-state index in [4.69, 9.17) is 0 Å². The van der Waals surface area contributed by atoms with Crippen LogP contribution in [0.2, 0.25) is 0 Å². The highest BCUT2D eigenvalue weighted by Crippen LogP contribution is 2.10. The van der Waals surface area contributed by atoms with Crippen LogP contribution in [0.25, 0.3) is 11.0 Å². The second-order valence-corrected chi connectivity index (χ2v) is 5.65. The molecule has 0 radical (unpaired) electrons. The average molecular weight is 321 g/mol. The zero-order chi connectivity index (χ0) is 16.9. The number of aryl methyl sites for hydroxylation is 2. The van der Waals surface area contributed by atoms with E-state index in [9.17, 15) is 4.79 Å². The fourth-order valence-electron chi connectivity index (χ4n) is 2.35. The van der Waals surface area contributed by atoms with Gasteiger partial charge in [-0.15, -0.1) is 5.10 Å². The van der Waals surface area contributed by atoms with Crippen molar-refractivity contribution in [1.82, 2.24) is 20.4 Å². The minimum atomic E-state index is -0.152. The van der Waals surface area contributed by atoms with E-state index < -0.39 is 0 Å². The lowest BCUT2D eigenvalue weighted by molar-refractivity contribution is -0.121. The van der Waals surface area contributed by atoms with Crippen molar-refractivity contribution in [1.29, 1.82) is 0 Å². The van der Waals surface area contributed by atoms with E-state index >= 15 is 0 Å². The summed E-state index contributed by atoms with van der Waals surface area (Å²) < 4.78 is 1.73. The lowest BCUT2D eigenvalue weighted by Gasteiger charge is -2.04. The van der Waals surface area contributed by atoms with Gasteiger partial charge in [0.25, 0.3) is 0 Å². The third kappa shape index (κ3) is 3.65. The molecule has 122 valence electrons. The second kappa shape index (κ2) is 7.04. The van der Waals surface area contributed by atoms with Crippen molar-refractivity contribution in [3.63, 3.8) is 0 Å². The van der Waals surface area contributed by atoms with Crippen molar-refractivity contribution >= 4 is 22.7 Å². The standard InChI is InChI=1S/C18H19N5O/c1-13-7-9-15(10-8-13)14(2)19-21-18(24)11-12-23-17-6-4-3-5-16(17)20-22-23/h3-10H,11-12H2,1-2H3,(H,21,24)/b19-14-. The topological polar surface area (TPSA) is 72.2 Å². The Morgan fingerprint density at radius 2 is 1.92 bits per heavy atom. The van der Waals surface area contributed by atoms with Crippen LogP contribution in [-0.2, 0) is 11.3 Å². The molecule has 3 rings (SSSR count). The van der Waals surface area contributed by atoms with Crippen molar-refractivity contribution in [2.45, 2.75) is 26.8 Å². The van der Waals surface area contributed by atoms with Crippen molar-refractivity contribution in [2.75, 3.05) is 0 Å². The van der Waals surface area contributed by atoms with Gasteiger partial charge in [-0.05, 0) is 31.5 Å². The van der Waals surface area contributed by atoms with E-state index in [0.29, 0.717) is 6.54 Å². The van der Waals surface area contributed by atoms with Gasteiger partial charge in [0.2, 0.25) is 5.91 Å². The van der Waals surface area contributed by atoms with Gasteiger partial charge in [0.05, 0.1) is 17.8 Å². The van der Waals surface area contributed by atoms with Gasteiger partial charge in [-0.3, -0.25) is 4.79 Å². The van der Waals surface area contributed by atoms with Crippen LogP contribution in [-0.4, -0.2) is 26.6 Å². The summed E-state index contributed by atoms with van der Waals surface area (Å²) in [4.78, 5) is 12.0. The summed E-state index contributed by atoms with van der Waals surface area (Å²) in [5.74, 6) is -0.152. The molecule has 1 N–H and O–H groups in total. The largest absolute Gasteiger partial charge is 0.273 e. The highest BCUT2D eigenvalue weighted by molar-refractivity contribution is 5.99. The maximum Gasteiger partial charge on any atom is 0.241 e. The first-order chi connectivity index (χ1) is 11.6. The quantitative estimate of drug-likeness (QED) is 0.580. The van der Waals surface area contributed by atoms with Crippen LogP contribution in [0.3, 0.4) is 0 Å². The van der Waals surface area contributed by atoms with Crippen LogP contribution in [0, 0.1) is 6.92 Å². The Bertz CT molecular complexity index is 880. The number of rotatable bonds is 5. The van der Waals surface area contributed by atoms with Crippen LogP contribution in [0.5, 0.6) is 0 Å². The van der Waals surface area contributed by atoms with Crippen LogP contribution in [0.15, 0.2) is 53.6 Å². The third-order valence-electron chi connectivity index (χ3n) is 3.79. The van der Waals surface area contributed by atoms with Crippen molar-refractivity contribution < 1.29 is 4.79 Å². The number of carbonyl (C=O) groups excluding carboxylic acids is 1. The van der Waals surface area contributed by atoms with E-state index in [2.05, 4.69) is 20.8 Å². The monoisotopic (exact) mass is 321 g/mol. The van der Waals surface area contributed by atoms with Crippen molar-refractivity contribution in [3.05, 3.63) is 59.7 Å². The van der Waals surface area contributed by atoms with Crippen molar-refractivity contribution in [2.24, 2.45) is 5.10 Å². The summed E-state index contributed by atoms with van der Waals surface area (Å²) in [6.07, 6.45) is 0.290. The number of carbonyl (C=O) groups is 1. The normalized spacial score (nSPS) is 11.7. The van der Waals surface area contributed by atoms with E-state index in [1.165, 1.54) is 5.56 Å². The average Bonchev–Trinajstić information content (AvgIpc) is 3.01. The fraction of sp³-hybridized carbons (Fsp3) is 0.222. The fourth-order valence-corrected chi connectivity index (χ4v) is 2.35. The summed E-state index contributed by atoms with van der Waals surface area (Å²) in [6.45, 7) is 4.37. The number of amides is 1. The molecule has 0 spiro atoms. The maximum absolute atomic E-state index is 12.0. The van der Waals surface area contributed by atoms with Crippen LogP contribution >= 0.6 is 0 Å². The minimum Gasteiger partial charge on any atom is -0.273 e. The maximum atomic E-state index is 12.0. The molecule has 1 heterocycles. The Balaban J connectivity index is 1.57. The van der Waals surface area contributed by atoms with E-state index in [1.54, 1.807) is 4.68 Å². The number of hydrogen-bond donors (Lipinski definition) is 1. The van der Waals surface area contributed by atoms with Gasteiger partial charge in [0.15, 0.2) is 0 Å². The van der Waals surface area contributed by atoms with Crippen molar-refractivity contribution in [3.8, 4) is 0 Å². The molecule has 6 heteroatoms. The van der Waals surface area contributed by atoms with Gasteiger partial charge in [-0.25, -0.2) is 10.1 Å². The number of benzene rings is 2. The summed E-state index contributed by atoms with van der Waals surface area (Å²) >= 11 is 0. The van der Waals surface area contributed by atoms with Crippen LogP contribution in [0.4, 0.5) is 0 Å². The summed E-state index contributed by atoms with van der Waals surface area (Å²) in [6, 6.07) is 15.7. The Hall–Kier alpha value is -3.02. The predicted molar refractivity (Wildman–Crippen MR) is 93.7 cm³/mol. The Labute approximate surface area is 140 Å². The first kappa shape index (κ1) is 15.9. The molecule has 1 aromatic heterocycles. The zero-order valence-electron chi connectivity index (χ0n) is 13.7. The Kier molecular flexibility index (Phi) is 4.65.